The lowest BCUT2D eigenvalue weighted by Crippen LogP contribution is -2.47. The largest absolute Gasteiger partial charge is 0.438 e. The van der Waals surface area contributed by atoms with Gasteiger partial charge in [0.1, 0.15) is 11.4 Å². The Balaban J connectivity index is 1.48. The number of cyclic esters (lactones) is 1. The van der Waals surface area contributed by atoms with Gasteiger partial charge in [-0.25, -0.2) is 9.18 Å². The van der Waals surface area contributed by atoms with Crippen molar-refractivity contribution in [1.82, 2.24) is 9.88 Å². The fourth-order valence-corrected chi connectivity index (χ4v) is 3.94. The summed E-state index contributed by atoms with van der Waals surface area (Å²) < 4.78 is 19.1. The fraction of sp³-hybridized carbons (Fsp3) is 0.280. The predicted octanol–water partition coefficient (Wildman–Crippen LogP) is 6.01. The Bertz CT molecular complexity index is 1050. The maximum Gasteiger partial charge on any atom is 0.411 e. The first kappa shape index (κ1) is 20.1. The fourth-order valence-electron chi connectivity index (χ4n) is 3.94. The second-order valence-electron chi connectivity index (χ2n) is 8.03. The first-order chi connectivity index (χ1) is 14.4. The molecule has 1 fully saturated rings. The zero-order valence-corrected chi connectivity index (χ0v) is 17.4. The zero-order valence-electron chi connectivity index (χ0n) is 17.4. The molecule has 154 valence electrons. The summed E-state index contributed by atoms with van der Waals surface area (Å²) in [5.74, 6) is -0.301. The maximum absolute atomic E-state index is 13.2. The molecule has 0 unspecified atom stereocenters. The van der Waals surface area contributed by atoms with E-state index in [0.29, 0.717) is 13.0 Å². The Hall–Kier alpha value is -3.21. The summed E-state index contributed by atoms with van der Waals surface area (Å²) in [5, 5.41) is 0. The predicted molar refractivity (Wildman–Crippen MR) is 114 cm³/mol. The number of halogens is 1. The molecule has 0 radical (unpaired) electrons. The van der Waals surface area contributed by atoms with Gasteiger partial charge in [0.15, 0.2) is 0 Å². The van der Waals surface area contributed by atoms with Crippen molar-refractivity contribution >= 4 is 6.09 Å². The summed E-state index contributed by atoms with van der Waals surface area (Å²) in [5.41, 5.74) is 4.32. The first-order valence-electron chi connectivity index (χ1n) is 10.1. The van der Waals surface area contributed by atoms with E-state index in [4.69, 9.17) is 4.74 Å². The zero-order chi connectivity index (χ0) is 21.3. The van der Waals surface area contributed by atoms with E-state index < -0.39 is 5.60 Å². The molecular weight excluding hydrogens is 379 g/mol. The van der Waals surface area contributed by atoms with Gasteiger partial charge in [-0.2, -0.15) is 0 Å². The van der Waals surface area contributed by atoms with Crippen molar-refractivity contribution in [2.24, 2.45) is 0 Å². The third-order valence-corrected chi connectivity index (χ3v) is 5.92. The van der Waals surface area contributed by atoms with E-state index in [9.17, 15) is 9.18 Å². The topological polar surface area (TPSA) is 42.4 Å². The molecule has 1 amide bonds. The lowest BCUT2D eigenvalue weighted by atomic mass is 9.90. The Kier molecular flexibility index (Phi) is 5.29. The molecule has 0 N–H and O–H groups in total. The highest BCUT2D eigenvalue weighted by Crippen LogP contribution is 2.37. The van der Waals surface area contributed by atoms with Gasteiger partial charge in [-0.15, -0.1) is 0 Å². The number of hydrogen-bond donors (Lipinski definition) is 0. The number of ether oxygens (including phenoxy) is 1. The minimum atomic E-state index is -0.746. The molecule has 1 saturated heterocycles. The summed E-state index contributed by atoms with van der Waals surface area (Å²) >= 11 is 0. The number of nitrogens with zero attached hydrogens (tertiary/aromatic N) is 2. The van der Waals surface area contributed by atoms with E-state index in [2.05, 4.69) is 35.3 Å². The summed E-state index contributed by atoms with van der Waals surface area (Å²) in [7, 11) is 0. The van der Waals surface area contributed by atoms with Crippen molar-refractivity contribution in [2.75, 3.05) is 6.54 Å². The molecule has 3 aromatic rings. The molecule has 0 aliphatic carbocycles. The Labute approximate surface area is 176 Å². The van der Waals surface area contributed by atoms with Crippen molar-refractivity contribution in [3.63, 3.8) is 0 Å². The van der Waals surface area contributed by atoms with E-state index in [1.807, 2.05) is 33.0 Å². The second-order valence-corrected chi connectivity index (χ2v) is 8.03. The quantitative estimate of drug-likeness (QED) is 0.534. The van der Waals surface area contributed by atoms with Crippen LogP contribution in [0, 0.1) is 12.7 Å². The molecule has 30 heavy (non-hydrogen) atoms. The number of aryl methyl sites for hydroxylation is 1. The van der Waals surface area contributed by atoms with Gasteiger partial charge in [0, 0.05) is 24.9 Å². The van der Waals surface area contributed by atoms with E-state index in [-0.39, 0.29) is 18.0 Å². The molecule has 0 spiro atoms. The van der Waals surface area contributed by atoms with Gasteiger partial charge in [-0.3, -0.25) is 4.98 Å². The number of carbonyl (C=O) groups is 1. The highest BCUT2D eigenvalue weighted by atomic mass is 19.1. The SMILES string of the molecule is Cc1cc(-c2ccc([C@H](C)N3CC[C@](C)(c4ccc(F)cc4)OC3=O)cc2)ccn1. The van der Waals surface area contributed by atoms with E-state index in [0.717, 1.165) is 27.9 Å². The van der Waals surface area contributed by atoms with Gasteiger partial charge in [0.05, 0.1) is 6.04 Å². The average molecular weight is 404 g/mol. The molecule has 0 bridgehead atoms. The van der Waals surface area contributed by atoms with Crippen LogP contribution in [0.15, 0.2) is 66.9 Å². The average Bonchev–Trinajstić information content (AvgIpc) is 2.74. The summed E-state index contributed by atoms with van der Waals surface area (Å²) in [6.07, 6.45) is 2.10. The van der Waals surface area contributed by atoms with Crippen LogP contribution >= 0.6 is 0 Å². The maximum atomic E-state index is 13.2. The van der Waals surface area contributed by atoms with Crippen molar-refractivity contribution in [3.05, 3.63) is 89.5 Å². The summed E-state index contributed by atoms with van der Waals surface area (Å²) in [4.78, 5) is 18.8. The van der Waals surface area contributed by atoms with Crippen molar-refractivity contribution in [1.29, 1.82) is 0 Å². The monoisotopic (exact) mass is 404 g/mol. The molecule has 2 aromatic carbocycles. The molecule has 1 aliphatic heterocycles. The third kappa shape index (κ3) is 3.92. The van der Waals surface area contributed by atoms with E-state index in [1.54, 1.807) is 17.0 Å². The number of rotatable bonds is 4. The van der Waals surface area contributed by atoms with Crippen LogP contribution in [0.25, 0.3) is 11.1 Å². The van der Waals surface area contributed by atoms with Gasteiger partial charge < -0.3 is 9.64 Å². The molecular formula is C25H25FN2O2. The van der Waals surface area contributed by atoms with Gasteiger partial charge in [0.25, 0.3) is 0 Å². The van der Waals surface area contributed by atoms with E-state index in [1.165, 1.54) is 12.1 Å². The summed E-state index contributed by atoms with van der Waals surface area (Å²) in [6, 6.07) is 18.3. The molecule has 2 heterocycles. The molecule has 1 aromatic heterocycles. The number of amides is 1. The van der Waals surface area contributed by atoms with Gasteiger partial charge in [-0.1, -0.05) is 36.4 Å². The normalized spacial score (nSPS) is 20.0. The molecule has 2 atom stereocenters. The highest BCUT2D eigenvalue weighted by Gasteiger charge is 2.40. The van der Waals surface area contributed by atoms with Crippen LogP contribution in [0.4, 0.5) is 9.18 Å². The minimum absolute atomic E-state index is 0.108. The lowest BCUT2D eigenvalue weighted by molar-refractivity contribution is -0.0491. The van der Waals surface area contributed by atoms with Crippen LogP contribution in [-0.2, 0) is 10.3 Å². The molecule has 1 aliphatic rings. The summed E-state index contributed by atoms with van der Waals surface area (Å²) in [6.45, 7) is 6.43. The first-order valence-corrected chi connectivity index (χ1v) is 10.1. The Morgan fingerprint density at radius 3 is 2.40 bits per heavy atom. The smallest absolute Gasteiger partial charge is 0.411 e. The lowest BCUT2D eigenvalue weighted by Gasteiger charge is -2.41. The van der Waals surface area contributed by atoms with Gasteiger partial charge in [0.2, 0.25) is 0 Å². The Morgan fingerprint density at radius 1 is 1.07 bits per heavy atom. The molecule has 4 nitrogen and oxygen atoms in total. The molecule has 4 rings (SSSR count). The minimum Gasteiger partial charge on any atom is -0.438 e. The van der Waals surface area contributed by atoms with Gasteiger partial charge in [-0.05, 0) is 67.3 Å². The van der Waals surface area contributed by atoms with Crippen LogP contribution < -0.4 is 0 Å². The number of benzene rings is 2. The molecule has 5 heteroatoms. The van der Waals surface area contributed by atoms with E-state index >= 15 is 0 Å². The standard InChI is InChI=1S/C25H25FN2O2/c1-17-16-21(12-14-27-17)20-6-4-19(5-7-20)18(2)28-15-13-25(3,30-24(28)29)22-8-10-23(26)11-9-22/h4-12,14,16,18H,13,15H2,1-3H3/t18-,25+/m0/s1. The van der Waals surface area contributed by atoms with Gasteiger partial charge >= 0.3 is 6.09 Å². The van der Waals surface area contributed by atoms with Crippen LogP contribution in [-0.4, -0.2) is 22.5 Å². The Morgan fingerprint density at radius 2 is 1.77 bits per heavy atom. The number of aromatic nitrogens is 1. The van der Waals surface area contributed by atoms with Crippen molar-refractivity contribution in [3.8, 4) is 11.1 Å². The van der Waals surface area contributed by atoms with Crippen LogP contribution in [0.1, 0.15) is 43.1 Å². The number of carbonyl (C=O) groups excluding carboxylic acids is 1. The number of hydrogen-bond acceptors (Lipinski definition) is 3. The van der Waals surface area contributed by atoms with Crippen molar-refractivity contribution < 1.29 is 13.9 Å². The van der Waals surface area contributed by atoms with Crippen molar-refractivity contribution in [2.45, 2.75) is 38.8 Å². The second kappa shape index (κ2) is 7.90. The highest BCUT2D eigenvalue weighted by molar-refractivity contribution is 5.70. The molecule has 0 saturated carbocycles. The third-order valence-electron chi connectivity index (χ3n) is 5.92. The van der Waals surface area contributed by atoms with Crippen LogP contribution in [0.3, 0.4) is 0 Å². The number of pyridine rings is 1. The van der Waals surface area contributed by atoms with Crippen LogP contribution in [0.2, 0.25) is 0 Å². The van der Waals surface area contributed by atoms with Crippen LogP contribution in [0.5, 0.6) is 0 Å².